The van der Waals surface area contributed by atoms with Gasteiger partial charge < -0.3 is 13.9 Å². The Morgan fingerprint density at radius 3 is 1.90 bits per heavy atom. The molecule has 0 radical (unpaired) electrons. The van der Waals surface area contributed by atoms with Gasteiger partial charge in [0.1, 0.15) is 11.2 Å². The highest BCUT2D eigenvalue weighted by Gasteiger charge is 2.25. The average Bonchev–Trinajstić information content (AvgIpc) is 3.95. The largest absolute Gasteiger partial charge is 0.456 e. The summed E-state index contributed by atoms with van der Waals surface area (Å²) >= 11 is 0. The highest BCUT2D eigenvalue weighted by atomic mass is 16.3. The maximum Gasteiger partial charge on any atom is 0.136 e. The first kappa shape index (κ1) is 39.2. The number of furan rings is 1. The van der Waals surface area contributed by atoms with Crippen molar-refractivity contribution in [1.29, 1.82) is 0 Å². The molecule has 0 unspecified atom stereocenters. The fourth-order valence-electron chi connectivity index (χ4n) is 11.4. The molecule has 0 bridgehead atoms. The molecule has 3 nitrogen and oxygen atoms in total. The Kier molecular flexibility index (Phi) is 9.60. The molecule has 0 atom stereocenters. The van der Waals surface area contributed by atoms with Crippen molar-refractivity contribution in [2.24, 2.45) is 0 Å². The smallest absolute Gasteiger partial charge is 0.136 e. The zero-order valence-corrected chi connectivity index (χ0v) is 37.3. The summed E-state index contributed by atoms with van der Waals surface area (Å²) in [5.41, 5.74) is 17.2. The van der Waals surface area contributed by atoms with Crippen LogP contribution in [-0.2, 0) is 0 Å². The molecule has 0 N–H and O–H groups in total. The summed E-state index contributed by atoms with van der Waals surface area (Å²) in [5.74, 6) is 0.559. The molecule has 1 fully saturated rings. The van der Waals surface area contributed by atoms with Crippen LogP contribution in [0.5, 0.6) is 0 Å². The van der Waals surface area contributed by atoms with Gasteiger partial charge in [-0.25, -0.2) is 0 Å². The van der Waals surface area contributed by atoms with Gasteiger partial charge in [-0.15, -0.1) is 0 Å². The van der Waals surface area contributed by atoms with Crippen molar-refractivity contribution in [3.05, 3.63) is 230 Å². The number of rotatable bonds is 8. The molecule has 1 saturated carbocycles. The molecule has 1 aliphatic carbocycles. The van der Waals surface area contributed by atoms with Gasteiger partial charge in [-0.1, -0.05) is 177 Å². The van der Waals surface area contributed by atoms with E-state index in [4.69, 9.17) is 4.42 Å². The molecular formula is C64H48N2O. The summed E-state index contributed by atoms with van der Waals surface area (Å²) in [7, 11) is 0. The van der Waals surface area contributed by atoms with E-state index >= 15 is 0 Å². The molecule has 10 aromatic carbocycles. The van der Waals surface area contributed by atoms with E-state index in [2.05, 4.69) is 228 Å². The van der Waals surface area contributed by atoms with E-state index < -0.39 is 0 Å². The lowest BCUT2D eigenvalue weighted by molar-refractivity contribution is 0.445. The molecular weight excluding hydrogens is 813 g/mol. The van der Waals surface area contributed by atoms with Gasteiger partial charge >= 0.3 is 0 Å². The normalized spacial score (nSPS) is 13.3. The Labute approximate surface area is 390 Å². The molecule has 1 aliphatic rings. The minimum Gasteiger partial charge on any atom is -0.456 e. The summed E-state index contributed by atoms with van der Waals surface area (Å²) in [5, 5.41) is 7.41. The van der Waals surface area contributed by atoms with Gasteiger partial charge in [0.05, 0.1) is 22.4 Å². The number of anilines is 3. The monoisotopic (exact) mass is 860 g/mol. The number of para-hydroxylation sites is 5. The summed E-state index contributed by atoms with van der Waals surface area (Å²) in [4.78, 5) is 2.52. The maximum absolute atomic E-state index is 6.42. The molecule has 3 heteroatoms. The van der Waals surface area contributed by atoms with Crippen LogP contribution >= 0.6 is 0 Å². The third-order valence-corrected chi connectivity index (χ3v) is 14.4. The van der Waals surface area contributed by atoms with Crippen LogP contribution in [0.25, 0.3) is 93.6 Å². The number of aromatic nitrogens is 1. The number of fused-ring (bicyclic) bond motifs is 7. The summed E-state index contributed by atoms with van der Waals surface area (Å²) < 4.78 is 8.81. The summed E-state index contributed by atoms with van der Waals surface area (Å²) in [6.07, 6.45) is 6.41. The van der Waals surface area contributed by atoms with E-state index in [1.165, 1.54) is 81.4 Å². The van der Waals surface area contributed by atoms with E-state index in [-0.39, 0.29) is 0 Å². The van der Waals surface area contributed by atoms with Gasteiger partial charge in [-0.2, -0.15) is 0 Å². The van der Waals surface area contributed by atoms with E-state index in [0.717, 1.165) is 66.9 Å². The van der Waals surface area contributed by atoms with Gasteiger partial charge in [-0.05, 0) is 124 Å². The Bertz CT molecular complexity index is 3810. The van der Waals surface area contributed by atoms with E-state index in [1.54, 1.807) is 0 Å². The second-order valence-corrected chi connectivity index (χ2v) is 18.2. The van der Waals surface area contributed by atoms with Crippen LogP contribution in [0, 0.1) is 0 Å². The van der Waals surface area contributed by atoms with Gasteiger partial charge in [-0.3, -0.25) is 0 Å². The highest BCUT2D eigenvalue weighted by molar-refractivity contribution is 6.13. The Hall–Kier alpha value is -8.14. The fourth-order valence-corrected chi connectivity index (χ4v) is 11.4. The topological polar surface area (TPSA) is 21.3 Å². The zero-order chi connectivity index (χ0) is 44.3. The van der Waals surface area contributed by atoms with Crippen LogP contribution in [0.15, 0.2) is 229 Å². The van der Waals surface area contributed by atoms with Gasteiger partial charge in [0, 0.05) is 44.0 Å². The van der Waals surface area contributed by atoms with Crippen molar-refractivity contribution in [2.75, 3.05) is 4.90 Å². The van der Waals surface area contributed by atoms with Crippen molar-refractivity contribution in [3.63, 3.8) is 0 Å². The Balaban J connectivity index is 1.05. The van der Waals surface area contributed by atoms with Crippen LogP contribution in [0.1, 0.15) is 43.6 Å². The third kappa shape index (κ3) is 6.64. The van der Waals surface area contributed by atoms with Crippen LogP contribution in [0.2, 0.25) is 0 Å². The lowest BCUT2D eigenvalue weighted by Crippen LogP contribution is -2.13. The molecule has 0 aliphatic heterocycles. The van der Waals surface area contributed by atoms with Crippen LogP contribution < -0.4 is 4.90 Å². The predicted octanol–water partition coefficient (Wildman–Crippen LogP) is 18.4. The van der Waals surface area contributed by atoms with Crippen molar-refractivity contribution < 1.29 is 4.42 Å². The molecule has 0 amide bonds. The first-order chi connectivity index (χ1) is 33.3. The quantitative estimate of drug-likeness (QED) is 0.152. The molecule has 0 spiro atoms. The van der Waals surface area contributed by atoms with Crippen LogP contribution in [0.3, 0.4) is 0 Å². The van der Waals surface area contributed by atoms with Gasteiger partial charge in [0.25, 0.3) is 0 Å². The minimum absolute atomic E-state index is 0.559. The number of benzene rings is 10. The first-order valence-electron chi connectivity index (χ1n) is 23.9. The van der Waals surface area contributed by atoms with Crippen molar-refractivity contribution in [2.45, 2.75) is 38.0 Å². The molecule has 13 rings (SSSR count). The second-order valence-electron chi connectivity index (χ2n) is 18.2. The summed E-state index contributed by atoms with van der Waals surface area (Å²) in [6.45, 7) is 0. The molecule has 2 heterocycles. The summed E-state index contributed by atoms with van der Waals surface area (Å²) in [6, 6.07) is 82.4. The van der Waals surface area contributed by atoms with E-state index in [9.17, 15) is 0 Å². The molecule has 67 heavy (non-hydrogen) atoms. The van der Waals surface area contributed by atoms with Crippen LogP contribution in [0.4, 0.5) is 17.1 Å². The van der Waals surface area contributed by atoms with Crippen LogP contribution in [-0.4, -0.2) is 4.57 Å². The zero-order valence-electron chi connectivity index (χ0n) is 37.3. The van der Waals surface area contributed by atoms with Crippen molar-refractivity contribution >= 4 is 71.6 Å². The highest BCUT2D eigenvalue weighted by Crippen LogP contribution is 2.49. The number of hydrogen-bond donors (Lipinski definition) is 0. The van der Waals surface area contributed by atoms with Gasteiger partial charge in [0.2, 0.25) is 0 Å². The SMILES string of the molecule is c1ccc(-n2c3ccccc3c3cc(-c4ccccc4N(c4cccc(-c5cccc6oc7ccccc7c56)c4)c4ccccc4-c4cccc5cccc(C6CCCCC6)c45)ccc32)cc1. The van der Waals surface area contributed by atoms with Gasteiger partial charge in [0.15, 0.2) is 0 Å². The Morgan fingerprint density at radius 1 is 0.403 bits per heavy atom. The molecule has 0 saturated heterocycles. The lowest BCUT2D eigenvalue weighted by atomic mass is 9.80. The molecule has 320 valence electrons. The van der Waals surface area contributed by atoms with E-state index in [0.29, 0.717) is 5.92 Å². The van der Waals surface area contributed by atoms with Crippen molar-refractivity contribution in [1.82, 2.24) is 4.57 Å². The van der Waals surface area contributed by atoms with Crippen molar-refractivity contribution in [3.8, 4) is 39.1 Å². The van der Waals surface area contributed by atoms with E-state index in [1.807, 2.05) is 6.07 Å². The predicted molar refractivity (Wildman–Crippen MR) is 282 cm³/mol. The molecule has 12 aromatic rings. The Morgan fingerprint density at radius 2 is 1.03 bits per heavy atom. The standard InChI is InChI=1S/C64H48N2O/c1-3-19-43(20-4-1)50-31-16-21-44-22-17-33-54(63(44)50)52-28-8-12-35-58(52)66(48-26-15-23-45(41-48)51-32-18-38-62-64(51)55-30-10-14-37-61(55)67-62)57-34-11-7-27-49(57)46-39-40-60-56(42-46)53-29-9-13-36-59(53)65(60)47-24-5-2-6-25-47/h2,5-18,21-43H,1,3-4,19-20H2. The maximum atomic E-state index is 6.42. The fraction of sp³-hybridized carbons (Fsp3) is 0.0938. The first-order valence-corrected chi connectivity index (χ1v) is 23.9. The lowest BCUT2D eigenvalue weighted by Gasteiger charge is -2.31. The number of nitrogens with zero attached hydrogens (tertiary/aromatic N) is 2. The minimum atomic E-state index is 0.559. The third-order valence-electron chi connectivity index (χ3n) is 14.4. The average molecular weight is 861 g/mol. The second kappa shape index (κ2) is 16.4. The molecule has 2 aromatic heterocycles. The number of hydrogen-bond acceptors (Lipinski definition) is 2.